The van der Waals surface area contributed by atoms with E-state index in [0.29, 0.717) is 13.3 Å². The average molecular weight is 443 g/mol. The van der Waals surface area contributed by atoms with Crippen molar-refractivity contribution >= 4 is 29.9 Å². The van der Waals surface area contributed by atoms with Crippen LogP contribution < -0.4 is 20.1 Å². The first kappa shape index (κ1) is 18.4. The molecule has 2 aromatic rings. The van der Waals surface area contributed by atoms with Gasteiger partial charge in [-0.05, 0) is 36.8 Å². The van der Waals surface area contributed by atoms with E-state index in [9.17, 15) is 0 Å². The first-order chi connectivity index (χ1) is 11.3. The van der Waals surface area contributed by atoms with Crippen LogP contribution in [0.3, 0.4) is 0 Å². The van der Waals surface area contributed by atoms with E-state index in [1.807, 2.05) is 37.3 Å². The van der Waals surface area contributed by atoms with Gasteiger partial charge >= 0.3 is 0 Å². The predicted molar refractivity (Wildman–Crippen MR) is 103 cm³/mol. The zero-order chi connectivity index (χ0) is 15.9. The average Bonchev–Trinajstić information content (AvgIpc) is 3.23. The molecule has 0 atom stereocenters. The maximum Gasteiger partial charge on any atom is 0.231 e. The number of rotatable bonds is 6. The van der Waals surface area contributed by atoms with Crippen LogP contribution in [0, 0.1) is 0 Å². The van der Waals surface area contributed by atoms with Crippen molar-refractivity contribution in [3.8, 4) is 11.5 Å². The largest absolute Gasteiger partial charge is 0.469 e. The maximum atomic E-state index is 5.39. The van der Waals surface area contributed by atoms with Crippen molar-refractivity contribution in [1.82, 2.24) is 10.6 Å². The Morgan fingerprint density at radius 3 is 2.83 bits per heavy atom. The SMILES string of the molecule is CCNC(=NCc1ccc2c(c1)OCO2)NCCc1ccco1.I. The van der Waals surface area contributed by atoms with Crippen LogP contribution in [0.2, 0.25) is 0 Å². The normalized spacial score (nSPS) is 12.6. The van der Waals surface area contributed by atoms with Crippen molar-refractivity contribution in [3.05, 3.63) is 47.9 Å². The smallest absolute Gasteiger partial charge is 0.231 e. The van der Waals surface area contributed by atoms with E-state index in [2.05, 4.69) is 15.6 Å². The molecule has 0 radical (unpaired) electrons. The Morgan fingerprint density at radius 1 is 1.17 bits per heavy atom. The molecule has 0 bridgehead atoms. The molecule has 7 heteroatoms. The van der Waals surface area contributed by atoms with Gasteiger partial charge in [-0.25, -0.2) is 4.99 Å². The second kappa shape index (κ2) is 9.41. The number of guanidine groups is 1. The number of halogens is 1. The second-order valence-electron chi connectivity index (χ2n) is 5.14. The molecule has 0 saturated carbocycles. The summed E-state index contributed by atoms with van der Waals surface area (Å²) in [6.07, 6.45) is 2.51. The van der Waals surface area contributed by atoms with Crippen LogP contribution in [-0.4, -0.2) is 25.8 Å². The highest BCUT2D eigenvalue weighted by molar-refractivity contribution is 14.0. The summed E-state index contributed by atoms with van der Waals surface area (Å²) >= 11 is 0. The minimum Gasteiger partial charge on any atom is -0.469 e. The van der Waals surface area contributed by atoms with Crippen molar-refractivity contribution in [2.45, 2.75) is 19.9 Å². The fraction of sp³-hybridized carbons (Fsp3) is 0.353. The minimum absolute atomic E-state index is 0. The molecule has 2 heterocycles. The van der Waals surface area contributed by atoms with Gasteiger partial charge in [-0.3, -0.25) is 0 Å². The van der Waals surface area contributed by atoms with Crippen molar-refractivity contribution in [2.24, 2.45) is 4.99 Å². The fourth-order valence-electron chi connectivity index (χ4n) is 2.31. The van der Waals surface area contributed by atoms with Gasteiger partial charge in [0.05, 0.1) is 12.8 Å². The number of furan rings is 1. The highest BCUT2D eigenvalue weighted by atomic mass is 127. The first-order valence-corrected chi connectivity index (χ1v) is 7.78. The molecule has 0 amide bonds. The number of hydrogen-bond donors (Lipinski definition) is 2. The Hall–Kier alpha value is -1.90. The number of nitrogens with zero attached hydrogens (tertiary/aromatic N) is 1. The Morgan fingerprint density at radius 2 is 2.04 bits per heavy atom. The van der Waals surface area contributed by atoms with E-state index >= 15 is 0 Å². The van der Waals surface area contributed by atoms with Gasteiger partial charge < -0.3 is 24.5 Å². The third-order valence-electron chi connectivity index (χ3n) is 3.44. The quantitative estimate of drug-likeness (QED) is 0.409. The summed E-state index contributed by atoms with van der Waals surface area (Å²) in [5.74, 6) is 3.33. The van der Waals surface area contributed by atoms with Gasteiger partial charge in [0.25, 0.3) is 0 Å². The summed E-state index contributed by atoms with van der Waals surface area (Å²) < 4.78 is 16.0. The molecular formula is C17H22IN3O3. The number of nitrogens with one attached hydrogen (secondary N) is 2. The summed E-state index contributed by atoms with van der Waals surface area (Å²) in [5, 5.41) is 6.54. The number of hydrogen-bond acceptors (Lipinski definition) is 4. The van der Waals surface area contributed by atoms with Gasteiger partial charge in [-0.2, -0.15) is 0 Å². The third kappa shape index (κ3) is 5.05. The number of ether oxygens (including phenoxy) is 2. The van der Waals surface area contributed by atoms with Crippen LogP contribution in [0.1, 0.15) is 18.2 Å². The lowest BCUT2D eigenvalue weighted by molar-refractivity contribution is 0.174. The Labute approximate surface area is 158 Å². The number of aliphatic imine (C=N–C) groups is 1. The van der Waals surface area contributed by atoms with Crippen LogP contribution >= 0.6 is 24.0 Å². The van der Waals surface area contributed by atoms with Crippen LogP contribution in [0.5, 0.6) is 11.5 Å². The molecule has 130 valence electrons. The molecule has 0 unspecified atom stereocenters. The van der Waals surface area contributed by atoms with Gasteiger partial charge in [0, 0.05) is 19.5 Å². The van der Waals surface area contributed by atoms with Gasteiger partial charge in [0.2, 0.25) is 6.79 Å². The third-order valence-corrected chi connectivity index (χ3v) is 3.44. The lowest BCUT2D eigenvalue weighted by atomic mass is 10.2. The van der Waals surface area contributed by atoms with E-state index < -0.39 is 0 Å². The molecule has 0 spiro atoms. The molecule has 3 rings (SSSR count). The topological polar surface area (TPSA) is 68.0 Å². The van der Waals surface area contributed by atoms with Crippen LogP contribution in [-0.2, 0) is 13.0 Å². The summed E-state index contributed by atoms with van der Waals surface area (Å²) in [5.41, 5.74) is 1.08. The van der Waals surface area contributed by atoms with E-state index in [4.69, 9.17) is 13.9 Å². The molecular weight excluding hydrogens is 421 g/mol. The molecule has 6 nitrogen and oxygen atoms in total. The summed E-state index contributed by atoms with van der Waals surface area (Å²) in [7, 11) is 0. The molecule has 1 aromatic carbocycles. The molecule has 2 N–H and O–H groups in total. The summed E-state index contributed by atoms with van der Waals surface area (Å²) in [6, 6.07) is 9.76. The summed E-state index contributed by atoms with van der Waals surface area (Å²) in [4.78, 5) is 4.60. The van der Waals surface area contributed by atoms with E-state index in [1.165, 1.54) is 0 Å². The lowest BCUT2D eigenvalue weighted by Crippen LogP contribution is -2.38. The molecule has 0 aliphatic carbocycles. The lowest BCUT2D eigenvalue weighted by Gasteiger charge is -2.10. The predicted octanol–water partition coefficient (Wildman–Crippen LogP) is 2.92. The molecule has 1 aliphatic rings. The monoisotopic (exact) mass is 443 g/mol. The molecule has 0 saturated heterocycles. The Bertz CT molecular complexity index is 659. The van der Waals surface area contributed by atoms with Crippen molar-refractivity contribution in [3.63, 3.8) is 0 Å². The maximum absolute atomic E-state index is 5.39. The summed E-state index contributed by atoms with van der Waals surface area (Å²) in [6.45, 7) is 4.49. The van der Waals surface area contributed by atoms with Crippen molar-refractivity contribution < 1.29 is 13.9 Å². The van der Waals surface area contributed by atoms with Crippen LogP contribution in [0.4, 0.5) is 0 Å². The Kier molecular flexibility index (Phi) is 7.23. The van der Waals surface area contributed by atoms with Crippen molar-refractivity contribution in [1.29, 1.82) is 0 Å². The van der Waals surface area contributed by atoms with E-state index in [-0.39, 0.29) is 24.0 Å². The van der Waals surface area contributed by atoms with Crippen LogP contribution in [0.25, 0.3) is 0 Å². The highest BCUT2D eigenvalue weighted by Crippen LogP contribution is 2.32. The fourth-order valence-corrected chi connectivity index (χ4v) is 2.31. The second-order valence-corrected chi connectivity index (χ2v) is 5.14. The minimum atomic E-state index is 0. The standard InChI is InChI=1S/C17H21N3O3.HI/c1-2-18-17(19-8-7-14-4-3-9-21-14)20-11-13-5-6-15-16(10-13)23-12-22-15;/h3-6,9-10H,2,7-8,11-12H2,1H3,(H2,18,19,20);1H. The zero-order valence-corrected chi connectivity index (χ0v) is 15.9. The molecule has 24 heavy (non-hydrogen) atoms. The molecule has 0 fully saturated rings. The highest BCUT2D eigenvalue weighted by Gasteiger charge is 2.12. The number of fused-ring (bicyclic) bond motifs is 1. The van der Waals surface area contributed by atoms with E-state index in [1.54, 1.807) is 6.26 Å². The Balaban J connectivity index is 0.00000208. The van der Waals surface area contributed by atoms with E-state index in [0.717, 1.165) is 48.3 Å². The van der Waals surface area contributed by atoms with Gasteiger partial charge in [-0.15, -0.1) is 24.0 Å². The zero-order valence-electron chi connectivity index (χ0n) is 13.6. The van der Waals surface area contributed by atoms with Crippen molar-refractivity contribution in [2.75, 3.05) is 19.9 Å². The molecule has 1 aliphatic heterocycles. The van der Waals surface area contributed by atoms with Gasteiger partial charge in [-0.1, -0.05) is 6.07 Å². The van der Waals surface area contributed by atoms with Gasteiger partial charge in [0.1, 0.15) is 5.76 Å². The van der Waals surface area contributed by atoms with Gasteiger partial charge in [0.15, 0.2) is 17.5 Å². The van der Waals surface area contributed by atoms with Crippen LogP contribution in [0.15, 0.2) is 46.0 Å². The number of benzene rings is 1. The first-order valence-electron chi connectivity index (χ1n) is 7.78. The molecule has 1 aromatic heterocycles.